The molecule has 0 aliphatic heterocycles. The van der Waals surface area contributed by atoms with E-state index in [-0.39, 0.29) is 24.9 Å². The van der Waals surface area contributed by atoms with Gasteiger partial charge in [-0.05, 0) is 46.8 Å². The molecule has 0 spiro atoms. The monoisotopic (exact) mass is 429 g/mol. The van der Waals surface area contributed by atoms with Gasteiger partial charge in [-0.25, -0.2) is 0 Å². The molecule has 166 valence electrons. The Kier molecular flexibility index (Phi) is 8.58. The largest absolute Gasteiger partial charge is 0.346 e. The zero-order valence-electron chi connectivity index (χ0n) is 18.7. The SMILES string of the molecule is CCC(C)CNCC(=O)NCC(=O)Nc1cccc(-c2ccc(-c3ccccc3)cc2)c1. The number of carbonyl (C=O) groups is 2. The third kappa shape index (κ3) is 7.06. The molecule has 3 aromatic rings. The van der Waals surface area contributed by atoms with Gasteiger partial charge < -0.3 is 16.0 Å². The van der Waals surface area contributed by atoms with Crippen LogP contribution in [0.4, 0.5) is 5.69 Å². The molecule has 0 fully saturated rings. The maximum Gasteiger partial charge on any atom is 0.243 e. The van der Waals surface area contributed by atoms with E-state index >= 15 is 0 Å². The van der Waals surface area contributed by atoms with Crippen molar-refractivity contribution in [1.29, 1.82) is 0 Å². The maximum atomic E-state index is 12.2. The molecular weight excluding hydrogens is 398 g/mol. The summed E-state index contributed by atoms with van der Waals surface area (Å²) < 4.78 is 0. The fourth-order valence-corrected chi connectivity index (χ4v) is 3.29. The number of benzene rings is 3. The average molecular weight is 430 g/mol. The van der Waals surface area contributed by atoms with Crippen LogP contribution in [0, 0.1) is 5.92 Å². The lowest BCUT2D eigenvalue weighted by atomic mass is 10.00. The first-order chi connectivity index (χ1) is 15.5. The minimum atomic E-state index is -0.253. The lowest BCUT2D eigenvalue weighted by Crippen LogP contribution is -2.39. The lowest BCUT2D eigenvalue weighted by molar-refractivity contribution is -0.123. The van der Waals surface area contributed by atoms with E-state index in [1.807, 2.05) is 42.5 Å². The van der Waals surface area contributed by atoms with Gasteiger partial charge in [-0.1, -0.05) is 87.0 Å². The number of rotatable bonds is 10. The second kappa shape index (κ2) is 11.8. The summed E-state index contributed by atoms with van der Waals surface area (Å²) in [5.74, 6) is 0.0838. The number of nitrogens with one attached hydrogen (secondary N) is 3. The Morgan fingerprint density at radius 1 is 0.750 bits per heavy atom. The summed E-state index contributed by atoms with van der Waals surface area (Å²) in [6.45, 7) is 5.19. The van der Waals surface area contributed by atoms with E-state index in [4.69, 9.17) is 0 Å². The molecule has 0 heterocycles. The number of anilines is 1. The van der Waals surface area contributed by atoms with Crippen molar-refractivity contribution in [1.82, 2.24) is 10.6 Å². The van der Waals surface area contributed by atoms with Crippen LogP contribution in [0.1, 0.15) is 20.3 Å². The average Bonchev–Trinajstić information content (AvgIpc) is 2.83. The minimum Gasteiger partial charge on any atom is -0.346 e. The van der Waals surface area contributed by atoms with Gasteiger partial charge in [-0.3, -0.25) is 9.59 Å². The van der Waals surface area contributed by atoms with Crippen LogP contribution >= 0.6 is 0 Å². The van der Waals surface area contributed by atoms with E-state index in [1.54, 1.807) is 0 Å². The molecule has 0 aliphatic carbocycles. The Morgan fingerprint density at radius 3 is 2.06 bits per heavy atom. The van der Waals surface area contributed by atoms with E-state index in [9.17, 15) is 9.59 Å². The molecule has 3 rings (SSSR count). The summed E-state index contributed by atoms with van der Waals surface area (Å²) in [5, 5.41) is 8.61. The Morgan fingerprint density at radius 2 is 1.38 bits per heavy atom. The molecule has 5 heteroatoms. The fourth-order valence-electron chi connectivity index (χ4n) is 3.29. The van der Waals surface area contributed by atoms with Crippen molar-refractivity contribution in [3.05, 3.63) is 78.9 Å². The number of hydrogen-bond donors (Lipinski definition) is 3. The second-order valence-corrected chi connectivity index (χ2v) is 7.99. The van der Waals surface area contributed by atoms with Crippen LogP contribution in [-0.4, -0.2) is 31.4 Å². The van der Waals surface area contributed by atoms with Crippen molar-refractivity contribution < 1.29 is 9.59 Å². The third-order valence-electron chi connectivity index (χ3n) is 5.39. The van der Waals surface area contributed by atoms with Crippen molar-refractivity contribution in [2.45, 2.75) is 20.3 Å². The molecule has 3 N–H and O–H groups in total. The van der Waals surface area contributed by atoms with Gasteiger partial charge in [0.2, 0.25) is 11.8 Å². The van der Waals surface area contributed by atoms with Gasteiger partial charge in [0, 0.05) is 5.69 Å². The predicted molar refractivity (Wildman–Crippen MR) is 131 cm³/mol. The summed E-state index contributed by atoms with van der Waals surface area (Å²) in [6, 6.07) is 26.3. The first-order valence-corrected chi connectivity index (χ1v) is 11.1. The van der Waals surface area contributed by atoms with Gasteiger partial charge in [-0.2, -0.15) is 0 Å². The molecule has 0 saturated heterocycles. The molecular formula is C27H31N3O2. The summed E-state index contributed by atoms with van der Waals surface area (Å²) in [4.78, 5) is 24.1. The number of hydrogen-bond acceptors (Lipinski definition) is 3. The number of carbonyl (C=O) groups excluding carboxylic acids is 2. The van der Waals surface area contributed by atoms with E-state index in [2.05, 4.69) is 66.2 Å². The van der Waals surface area contributed by atoms with Crippen molar-refractivity contribution in [2.24, 2.45) is 5.92 Å². The van der Waals surface area contributed by atoms with Crippen LogP contribution in [0.3, 0.4) is 0 Å². The highest BCUT2D eigenvalue weighted by Gasteiger charge is 2.08. The highest BCUT2D eigenvalue weighted by atomic mass is 16.2. The molecule has 0 aliphatic rings. The first-order valence-electron chi connectivity index (χ1n) is 11.1. The molecule has 0 aromatic heterocycles. The molecule has 0 saturated carbocycles. The molecule has 5 nitrogen and oxygen atoms in total. The van der Waals surface area contributed by atoms with Crippen LogP contribution in [-0.2, 0) is 9.59 Å². The molecule has 1 unspecified atom stereocenters. The zero-order valence-corrected chi connectivity index (χ0v) is 18.7. The van der Waals surface area contributed by atoms with Crippen molar-refractivity contribution in [3.63, 3.8) is 0 Å². The van der Waals surface area contributed by atoms with Gasteiger partial charge in [0.1, 0.15) is 0 Å². The highest BCUT2D eigenvalue weighted by Crippen LogP contribution is 2.26. The van der Waals surface area contributed by atoms with E-state index in [0.29, 0.717) is 11.6 Å². The summed E-state index contributed by atoms with van der Waals surface area (Å²) in [6.07, 6.45) is 1.06. The molecule has 0 bridgehead atoms. The van der Waals surface area contributed by atoms with Crippen LogP contribution in [0.5, 0.6) is 0 Å². The van der Waals surface area contributed by atoms with Gasteiger partial charge in [-0.15, -0.1) is 0 Å². The minimum absolute atomic E-state index is 0.0557. The zero-order chi connectivity index (χ0) is 22.8. The fraction of sp³-hybridized carbons (Fsp3) is 0.259. The van der Waals surface area contributed by atoms with Crippen LogP contribution in [0.15, 0.2) is 78.9 Å². The normalized spacial score (nSPS) is 11.6. The van der Waals surface area contributed by atoms with Gasteiger partial charge in [0.15, 0.2) is 0 Å². The van der Waals surface area contributed by atoms with Crippen LogP contribution < -0.4 is 16.0 Å². The van der Waals surface area contributed by atoms with E-state index in [0.717, 1.165) is 29.7 Å². The summed E-state index contributed by atoms with van der Waals surface area (Å²) >= 11 is 0. The van der Waals surface area contributed by atoms with E-state index < -0.39 is 0 Å². The second-order valence-electron chi connectivity index (χ2n) is 7.99. The quantitative estimate of drug-likeness (QED) is 0.437. The Labute approximate surface area is 190 Å². The predicted octanol–water partition coefficient (Wildman–Crippen LogP) is 4.71. The smallest absolute Gasteiger partial charge is 0.243 e. The molecule has 3 aromatic carbocycles. The molecule has 32 heavy (non-hydrogen) atoms. The molecule has 2 amide bonds. The Bertz CT molecular complexity index is 1020. The summed E-state index contributed by atoms with van der Waals surface area (Å²) in [5.41, 5.74) is 5.12. The number of amides is 2. The Balaban J connectivity index is 1.52. The first kappa shape index (κ1) is 23.2. The maximum absolute atomic E-state index is 12.2. The lowest BCUT2D eigenvalue weighted by Gasteiger charge is -2.11. The van der Waals surface area contributed by atoms with Crippen molar-refractivity contribution >= 4 is 17.5 Å². The highest BCUT2D eigenvalue weighted by molar-refractivity contribution is 5.95. The molecule has 1 atom stereocenters. The van der Waals surface area contributed by atoms with Crippen LogP contribution in [0.2, 0.25) is 0 Å². The van der Waals surface area contributed by atoms with Gasteiger partial charge >= 0.3 is 0 Å². The van der Waals surface area contributed by atoms with Gasteiger partial charge in [0.25, 0.3) is 0 Å². The van der Waals surface area contributed by atoms with Crippen molar-refractivity contribution in [2.75, 3.05) is 25.0 Å². The van der Waals surface area contributed by atoms with E-state index in [1.165, 1.54) is 5.56 Å². The standard InChI is InChI=1S/C27H31N3O2/c1-3-20(2)17-28-18-26(31)29-19-27(32)30-25-11-7-10-24(16-25)23-14-12-22(13-15-23)21-8-5-4-6-9-21/h4-16,20,28H,3,17-19H2,1-2H3,(H,29,31)(H,30,32). The van der Waals surface area contributed by atoms with Gasteiger partial charge in [0.05, 0.1) is 13.1 Å². The molecule has 0 radical (unpaired) electrons. The third-order valence-corrected chi connectivity index (χ3v) is 5.39. The topological polar surface area (TPSA) is 70.2 Å². The van der Waals surface area contributed by atoms with Crippen LogP contribution in [0.25, 0.3) is 22.3 Å². The Hall–Kier alpha value is -3.44. The van der Waals surface area contributed by atoms with Crippen molar-refractivity contribution in [3.8, 4) is 22.3 Å². The summed E-state index contributed by atoms with van der Waals surface area (Å²) in [7, 11) is 0.